The maximum absolute atomic E-state index is 13.0. The van der Waals surface area contributed by atoms with E-state index in [1.54, 1.807) is 23.0 Å². The average molecular weight is 328 g/mol. The Labute approximate surface area is 141 Å². The van der Waals surface area contributed by atoms with Gasteiger partial charge in [0.1, 0.15) is 18.2 Å². The Kier molecular flexibility index (Phi) is 4.73. The van der Waals surface area contributed by atoms with Crippen molar-refractivity contribution >= 4 is 30.2 Å². The Bertz CT molecular complexity index is 710. The van der Waals surface area contributed by atoms with Gasteiger partial charge in [-0.3, -0.25) is 9.48 Å². The average Bonchev–Trinajstić information content (AvgIpc) is 2.95. The number of hydrogen-bond donors (Lipinski definition) is 1. The molecule has 1 fully saturated rings. The first kappa shape index (κ1) is 16.4. The van der Waals surface area contributed by atoms with Crippen LogP contribution in [0.3, 0.4) is 0 Å². The highest BCUT2D eigenvalue weighted by Gasteiger charge is 2.22. The Hall–Kier alpha value is -2.51. The van der Waals surface area contributed by atoms with E-state index in [9.17, 15) is 9.18 Å². The molecule has 0 aliphatic carbocycles. The first-order valence-corrected chi connectivity index (χ1v) is 7.97. The number of carbonyl (C=O) groups is 1. The van der Waals surface area contributed by atoms with E-state index in [0.29, 0.717) is 18.9 Å². The Morgan fingerprint density at radius 2 is 1.92 bits per heavy atom. The molecule has 8 heteroatoms. The van der Waals surface area contributed by atoms with Gasteiger partial charge in [-0.15, -0.1) is 0 Å². The molecule has 24 heavy (non-hydrogen) atoms. The number of halogens is 1. The molecular weight excluding hydrogens is 308 g/mol. The second-order valence-corrected chi connectivity index (χ2v) is 5.80. The van der Waals surface area contributed by atoms with Crippen molar-refractivity contribution in [1.82, 2.24) is 14.7 Å². The molecule has 0 atom stereocenters. The van der Waals surface area contributed by atoms with E-state index in [0.717, 1.165) is 24.2 Å². The van der Waals surface area contributed by atoms with Gasteiger partial charge < -0.3 is 15.5 Å². The van der Waals surface area contributed by atoms with Crippen LogP contribution in [0.25, 0.3) is 0 Å². The van der Waals surface area contributed by atoms with Crippen molar-refractivity contribution < 1.29 is 9.18 Å². The molecule has 1 radical (unpaired) electrons. The molecule has 2 heterocycles. The first-order valence-electron chi connectivity index (χ1n) is 7.97. The van der Waals surface area contributed by atoms with Crippen molar-refractivity contribution in [3.8, 4) is 0 Å². The van der Waals surface area contributed by atoms with Gasteiger partial charge in [-0.2, -0.15) is 5.10 Å². The normalized spacial score (nSPS) is 14.8. The van der Waals surface area contributed by atoms with E-state index in [2.05, 4.69) is 10.00 Å². The number of rotatable bonds is 4. The number of carbonyl (C=O) groups excluding carboxylic acids is 1. The molecule has 125 valence electrons. The number of piperazine rings is 1. The molecular formula is C16H20BFN5O. The monoisotopic (exact) mass is 328 g/mol. The molecule has 1 aromatic carbocycles. The number of nitrogen functional groups attached to an aromatic ring is 1. The molecule has 1 aromatic heterocycles. The fraction of sp³-hybridized carbons (Fsp3) is 0.375. The maximum atomic E-state index is 13.0. The summed E-state index contributed by atoms with van der Waals surface area (Å²) < 4.78 is 14.6. The van der Waals surface area contributed by atoms with Crippen LogP contribution in [-0.2, 0) is 11.3 Å². The van der Waals surface area contributed by atoms with Gasteiger partial charge >= 0.3 is 0 Å². The molecule has 0 unspecified atom stereocenters. The fourth-order valence-electron chi connectivity index (χ4n) is 2.86. The van der Waals surface area contributed by atoms with Gasteiger partial charge in [0.15, 0.2) is 7.28 Å². The minimum absolute atomic E-state index is 0.0268. The zero-order valence-corrected chi connectivity index (χ0v) is 13.7. The number of benzene rings is 1. The number of hydrogen-bond acceptors (Lipinski definition) is 4. The third-order valence-corrected chi connectivity index (χ3v) is 4.25. The van der Waals surface area contributed by atoms with Crippen LogP contribution in [0.5, 0.6) is 0 Å². The van der Waals surface area contributed by atoms with Crippen LogP contribution >= 0.6 is 0 Å². The standard InChI is InChI=1S/C16H20BFN5O/c1-17-14-10-23(20-16(14)19)11-15(24)22-8-6-21(7-9-22)13-4-2-12(18)3-5-13/h2-5,10H,6-9,11H2,1H3,(H2,19,20). The van der Waals surface area contributed by atoms with Crippen LogP contribution < -0.4 is 16.1 Å². The molecule has 1 saturated heterocycles. The van der Waals surface area contributed by atoms with Crippen molar-refractivity contribution in [1.29, 1.82) is 0 Å². The van der Waals surface area contributed by atoms with Gasteiger partial charge in [-0.05, 0) is 29.7 Å². The SMILES string of the molecule is C[B]c1cn(CC(=O)N2CCN(c3ccc(F)cc3)CC2)nc1N. The zero-order valence-electron chi connectivity index (χ0n) is 13.7. The number of nitrogens with two attached hydrogens (primary N) is 1. The Balaban J connectivity index is 1.55. The van der Waals surface area contributed by atoms with Crippen LogP contribution in [0.15, 0.2) is 30.5 Å². The predicted molar refractivity (Wildman–Crippen MR) is 93.1 cm³/mol. The summed E-state index contributed by atoms with van der Waals surface area (Å²) in [7, 11) is 1.87. The second-order valence-electron chi connectivity index (χ2n) is 5.80. The van der Waals surface area contributed by atoms with Crippen LogP contribution in [0, 0.1) is 5.82 Å². The lowest BCUT2D eigenvalue weighted by atomic mass is 9.75. The summed E-state index contributed by atoms with van der Waals surface area (Å²) in [5, 5.41) is 4.16. The van der Waals surface area contributed by atoms with Crippen molar-refractivity contribution in [2.75, 3.05) is 36.8 Å². The molecule has 2 aromatic rings. The van der Waals surface area contributed by atoms with Crippen LogP contribution in [0.4, 0.5) is 15.9 Å². The molecule has 2 N–H and O–H groups in total. The predicted octanol–water partition coefficient (Wildman–Crippen LogP) is 0.331. The summed E-state index contributed by atoms with van der Waals surface area (Å²) in [6, 6.07) is 6.44. The summed E-state index contributed by atoms with van der Waals surface area (Å²) in [5.41, 5.74) is 7.59. The number of aromatic nitrogens is 2. The third kappa shape index (κ3) is 3.52. The summed E-state index contributed by atoms with van der Waals surface area (Å²) in [5.74, 6) is 0.222. The quantitative estimate of drug-likeness (QED) is 0.822. The summed E-state index contributed by atoms with van der Waals surface area (Å²) in [6.07, 6.45) is 1.78. The molecule has 1 aliphatic heterocycles. The minimum Gasteiger partial charge on any atom is -0.383 e. The fourth-order valence-corrected chi connectivity index (χ4v) is 2.86. The van der Waals surface area contributed by atoms with Gasteiger partial charge in [-0.1, -0.05) is 6.82 Å². The number of amides is 1. The van der Waals surface area contributed by atoms with Gasteiger partial charge in [0.25, 0.3) is 0 Å². The van der Waals surface area contributed by atoms with Gasteiger partial charge in [0, 0.05) is 38.1 Å². The topological polar surface area (TPSA) is 67.4 Å². The number of nitrogens with zero attached hydrogens (tertiary/aromatic N) is 4. The first-order chi connectivity index (χ1) is 11.6. The number of anilines is 2. The van der Waals surface area contributed by atoms with E-state index >= 15 is 0 Å². The highest BCUT2D eigenvalue weighted by molar-refractivity contribution is 6.53. The van der Waals surface area contributed by atoms with E-state index in [1.807, 2.05) is 19.0 Å². The highest BCUT2D eigenvalue weighted by Crippen LogP contribution is 2.17. The minimum atomic E-state index is -0.241. The van der Waals surface area contributed by atoms with Gasteiger partial charge in [-0.25, -0.2) is 4.39 Å². The van der Waals surface area contributed by atoms with Crippen LogP contribution in [-0.4, -0.2) is 54.0 Å². The smallest absolute Gasteiger partial charge is 0.244 e. The van der Waals surface area contributed by atoms with Crippen molar-refractivity contribution in [2.24, 2.45) is 0 Å². The second kappa shape index (κ2) is 6.94. The lowest BCUT2D eigenvalue weighted by Crippen LogP contribution is -2.49. The third-order valence-electron chi connectivity index (χ3n) is 4.25. The Morgan fingerprint density at radius 1 is 1.25 bits per heavy atom. The lowest BCUT2D eigenvalue weighted by Gasteiger charge is -2.36. The molecule has 0 spiro atoms. The zero-order chi connectivity index (χ0) is 17.1. The highest BCUT2D eigenvalue weighted by atomic mass is 19.1. The van der Waals surface area contributed by atoms with Crippen molar-refractivity contribution in [2.45, 2.75) is 13.4 Å². The largest absolute Gasteiger partial charge is 0.383 e. The molecule has 0 saturated carbocycles. The maximum Gasteiger partial charge on any atom is 0.244 e. The molecule has 1 aliphatic rings. The molecule has 6 nitrogen and oxygen atoms in total. The van der Waals surface area contributed by atoms with Crippen molar-refractivity contribution in [3.63, 3.8) is 0 Å². The molecule has 1 amide bonds. The summed E-state index contributed by atoms with van der Waals surface area (Å²) in [4.78, 5) is 16.4. The van der Waals surface area contributed by atoms with Gasteiger partial charge in [0.2, 0.25) is 5.91 Å². The molecule has 3 rings (SSSR count). The van der Waals surface area contributed by atoms with E-state index in [1.165, 1.54) is 12.1 Å². The van der Waals surface area contributed by atoms with Crippen LogP contribution in [0.2, 0.25) is 6.82 Å². The summed E-state index contributed by atoms with van der Waals surface area (Å²) in [6.45, 7) is 4.81. The summed E-state index contributed by atoms with van der Waals surface area (Å²) >= 11 is 0. The lowest BCUT2D eigenvalue weighted by molar-refractivity contribution is -0.132. The Morgan fingerprint density at radius 3 is 2.50 bits per heavy atom. The van der Waals surface area contributed by atoms with Crippen molar-refractivity contribution in [3.05, 3.63) is 36.3 Å². The van der Waals surface area contributed by atoms with E-state index in [-0.39, 0.29) is 18.3 Å². The van der Waals surface area contributed by atoms with Crippen LogP contribution in [0.1, 0.15) is 0 Å². The van der Waals surface area contributed by atoms with E-state index < -0.39 is 0 Å². The van der Waals surface area contributed by atoms with Gasteiger partial charge in [0.05, 0.1) is 0 Å². The molecule has 0 bridgehead atoms. The van der Waals surface area contributed by atoms with E-state index in [4.69, 9.17) is 5.73 Å².